The fourth-order valence-corrected chi connectivity index (χ4v) is 1.44. The molecule has 0 atom stereocenters. The van der Waals surface area contributed by atoms with E-state index in [1.54, 1.807) is 30.4 Å². The van der Waals surface area contributed by atoms with Gasteiger partial charge < -0.3 is 5.32 Å². The number of allylic oxidation sites excluding steroid dienone is 3. The van der Waals surface area contributed by atoms with Gasteiger partial charge in [-0.05, 0) is 41.1 Å². The van der Waals surface area contributed by atoms with Crippen LogP contribution in [0.5, 0.6) is 0 Å². The second-order valence-electron chi connectivity index (χ2n) is 3.00. The van der Waals surface area contributed by atoms with E-state index >= 15 is 0 Å². The van der Waals surface area contributed by atoms with Gasteiger partial charge >= 0.3 is 0 Å². The van der Waals surface area contributed by atoms with E-state index in [9.17, 15) is 4.79 Å². The van der Waals surface area contributed by atoms with E-state index in [2.05, 4.69) is 21.2 Å². The normalized spacial score (nSPS) is 11.2. The van der Waals surface area contributed by atoms with Gasteiger partial charge in [0.1, 0.15) is 0 Å². The molecule has 1 rings (SSSR count). The molecular weight excluding hydrogens is 289 g/mol. The van der Waals surface area contributed by atoms with Crippen LogP contribution in [0.1, 0.15) is 6.92 Å². The third-order valence-corrected chi connectivity index (χ3v) is 2.97. The summed E-state index contributed by atoms with van der Waals surface area (Å²) in [7, 11) is 0. The Labute approximate surface area is 108 Å². The van der Waals surface area contributed by atoms with Crippen molar-refractivity contribution in [2.75, 3.05) is 5.32 Å². The van der Waals surface area contributed by atoms with Crippen molar-refractivity contribution in [3.05, 3.63) is 52.0 Å². The first-order chi connectivity index (χ1) is 7.63. The first-order valence-electron chi connectivity index (χ1n) is 4.69. The molecule has 1 aromatic rings. The third kappa shape index (κ3) is 4.21. The Morgan fingerprint density at radius 1 is 1.44 bits per heavy atom. The zero-order valence-corrected chi connectivity index (χ0v) is 11.0. The Morgan fingerprint density at radius 3 is 2.81 bits per heavy atom. The zero-order chi connectivity index (χ0) is 12.0. The highest BCUT2D eigenvalue weighted by Crippen LogP contribution is 2.25. The molecular formula is C12H11BrClNO. The van der Waals surface area contributed by atoms with Gasteiger partial charge in [-0.2, -0.15) is 0 Å². The van der Waals surface area contributed by atoms with E-state index in [0.717, 1.165) is 4.47 Å². The Hall–Kier alpha value is -1.06. The number of rotatable bonds is 3. The number of benzene rings is 1. The predicted molar refractivity (Wildman–Crippen MR) is 71.7 cm³/mol. The molecule has 1 aromatic carbocycles. The summed E-state index contributed by atoms with van der Waals surface area (Å²) in [5, 5.41) is 3.27. The van der Waals surface area contributed by atoms with Gasteiger partial charge in [0.15, 0.2) is 0 Å². The molecule has 0 aromatic heterocycles. The van der Waals surface area contributed by atoms with Crippen molar-refractivity contribution in [2.45, 2.75) is 6.92 Å². The summed E-state index contributed by atoms with van der Waals surface area (Å²) in [6, 6.07) is 5.25. The summed E-state index contributed by atoms with van der Waals surface area (Å²) in [6.07, 6.45) is 6.76. The van der Waals surface area contributed by atoms with Crippen molar-refractivity contribution < 1.29 is 4.79 Å². The summed E-state index contributed by atoms with van der Waals surface area (Å²) in [4.78, 5) is 11.4. The van der Waals surface area contributed by atoms with Crippen molar-refractivity contribution in [1.29, 1.82) is 0 Å². The van der Waals surface area contributed by atoms with E-state index in [1.807, 2.05) is 13.0 Å². The molecule has 0 saturated heterocycles. The highest BCUT2D eigenvalue weighted by atomic mass is 79.9. The SMILES string of the molecule is CC=CC=CC(=O)Nc1ccc(Br)c(Cl)c1. The van der Waals surface area contributed by atoms with Crippen LogP contribution in [0.3, 0.4) is 0 Å². The molecule has 16 heavy (non-hydrogen) atoms. The van der Waals surface area contributed by atoms with Crippen molar-refractivity contribution >= 4 is 39.1 Å². The molecule has 84 valence electrons. The van der Waals surface area contributed by atoms with Gasteiger partial charge in [0.2, 0.25) is 5.91 Å². The molecule has 1 amide bonds. The number of amides is 1. The van der Waals surface area contributed by atoms with Crippen LogP contribution in [-0.4, -0.2) is 5.91 Å². The third-order valence-electron chi connectivity index (χ3n) is 1.74. The van der Waals surface area contributed by atoms with Crippen molar-refractivity contribution in [2.24, 2.45) is 0 Å². The number of anilines is 1. The minimum Gasteiger partial charge on any atom is -0.322 e. The maximum absolute atomic E-state index is 11.4. The summed E-state index contributed by atoms with van der Waals surface area (Å²) in [5.41, 5.74) is 0.670. The van der Waals surface area contributed by atoms with Gasteiger partial charge in [0.05, 0.1) is 5.02 Å². The number of carbonyl (C=O) groups is 1. The molecule has 0 spiro atoms. The maximum Gasteiger partial charge on any atom is 0.248 e. The fourth-order valence-electron chi connectivity index (χ4n) is 1.01. The maximum atomic E-state index is 11.4. The monoisotopic (exact) mass is 299 g/mol. The van der Waals surface area contributed by atoms with Crippen molar-refractivity contribution in [1.82, 2.24) is 0 Å². The van der Waals surface area contributed by atoms with Gasteiger partial charge in [-0.15, -0.1) is 0 Å². The molecule has 0 aliphatic heterocycles. The molecule has 0 aliphatic rings. The largest absolute Gasteiger partial charge is 0.322 e. The highest BCUT2D eigenvalue weighted by Gasteiger charge is 2.00. The highest BCUT2D eigenvalue weighted by molar-refractivity contribution is 9.10. The van der Waals surface area contributed by atoms with Crippen LogP contribution in [0.4, 0.5) is 5.69 Å². The van der Waals surface area contributed by atoms with E-state index in [4.69, 9.17) is 11.6 Å². The van der Waals surface area contributed by atoms with Crippen LogP contribution in [0.15, 0.2) is 47.0 Å². The van der Waals surface area contributed by atoms with Crippen LogP contribution in [0, 0.1) is 0 Å². The average molecular weight is 301 g/mol. The minimum absolute atomic E-state index is 0.184. The van der Waals surface area contributed by atoms with E-state index in [1.165, 1.54) is 6.08 Å². The summed E-state index contributed by atoms with van der Waals surface area (Å²) in [5.74, 6) is -0.184. The topological polar surface area (TPSA) is 29.1 Å². The molecule has 0 unspecified atom stereocenters. The lowest BCUT2D eigenvalue weighted by Crippen LogP contribution is -2.07. The number of hydrogen-bond donors (Lipinski definition) is 1. The quantitative estimate of drug-likeness (QED) is 0.658. The lowest BCUT2D eigenvalue weighted by Gasteiger charge is -2.03. The standard InChI is InChI=1S/C12H11BrClNO/c1-2-3-4-5-12(16)15-9-6-7-10(13)11(14)8-9/h2-8H,1H3,(H,15,16). The molecule has 0 bridgehead atoms. The Balaban J connectivity index is 2.66. The minimum atomic E-state index is -0.184. The van der Waals surface area contributed by atoms with E-state index in [-0.39, 0.29) is 5.91 Å². The fraction of sp³-hybridized carbons (Fsp3) is 0.0833. The van der Waals surface area contributed by atoms with Gasteiger partial charge in [0.25, 0.3) is 0 Å². The number of hydrogen-bond acceptors (Lipinski definition) is 1. The summed E-state index contributed by atoms with van der Waals surface area (Å²) >= 11 is 9.18. The molecule has 0 fully saturated rings. The lowest BCUT2D eigenvalue weighted by molar-refractivity contribution is -0.111. The average Bonchev–Trinajstić information content (AvgIpc) is 2.24. The lowest BCUT2D eigenvalue weighted by atomic mass is 10.3. The predicted octanol–water partition coefficient (Wildman–Crippen LogP) is 4.17. The van der Waals surface area contributed by atoms with E-state index in [0.29, 0.717) is 10.7 Å². The smallest absolute Gasteiger partial charge is 0.248 e. The van der Waals surface area contributed by atoms with Crippen molar-refractivity contribution in [3.63, 3.8) is 0 Å². The molecule has 0 saturated carbocycles. The zero-order valence-electron chi connectivity index (χ0n) is 8.71. The van der Waals surface area contributed by atoms with Crippen LogP contribution in [0.2, 0.25) is 5.02 Å². The second kappa shape index (κ2) is 6.51. The van der Waals surface area contributed by atoms with Crippen LogP contribution in [-0.2, 0) is 4.79 Å². The first kappa shape index (κ1) is 13.0. The van der Waals surface area contributed by atoms with Gasteiger partial charge in [-0.25, -0.2) is 0 Å². The summed E-state index contributed by atoms with van der Waals surface area (Å²) in [6.45, 7) is 1.89. The van der Waals surface area contributed by atoms with Crippen LogP contribution < -0.4 is 5.32 Å². The first-order valence-corrected chi connectivity index (χ1v) is 5.86. The van der Waals surface area contributed by atoms with Crippen LogP contribution >= 0.6 is 27.5 Å². The van der Waals surface area contributed by atoms with Gasteiger partial charge in [-0.1, -0.05) is 29.8 Å². The second-order valence-corrected chi connectivity index (χ2v) is 4.26. The van der Waals surface area contributed by atoms with E-state index < -0.39 is 0 Å². The molecule has 4 heteroatoms. The molecule has 1 N–H and O–H groups in total. The summed E-state index contributed by atoms with van der Waals surface area (Å²) < 4.78 is 0.802. The number of nitrogens with one attached hydrogen (secondary N) is 1. The van der Waals surface area contributed by atoms with Crippen molar-refractivity contribution in [3.8, 4) is 0 Å². The van der Waals surface area contributed by atoms with Gasteiger partial charge in [0, 0.05) is 16.2 Å². The van der Waals surface area contributed by atoms with Crippen LogP contribution in [0.25, 0.3) is 0 Å². The Bertz CT molecular complexity index is 441. The number of carbonyl (C=O) groups excluding carboxylic acids is 1. The Kier molecular flexibility index (Phi) is 5.29. The molecule has 0 aliphatic carbocycles. The molecule has 0 heterocycles. The molecule has 2 nitrogen and oxygen atoms in total. The Morgan fingerprint density at radius 2 is 2.19 bits per heavy atom. The number of halogens is 2. The molecule has 0 radical (unpaired) electrons. The van der Waals surface area contributed by atoms with Gasteiger partial charge in [-0.3, -0.25) is 4.79 Å².